The van der Waals surface area contributed by atoms with Crippen molar-refractivity contribution < 1.29 is 0 Å². The summed E-state index contributed by atoms with van der Waals surface area (Å²) in [6.45, 7) is 2.10. The lowest BCUT2D eigenvalue weighted by molar-refractivity contribution is 1.29. The monoisotopic (exact) mass is 247 g/mol. The summed E-state index contributed by atoms with van der Waals surface area (Å²) in [6.07, 6.45) is 3.72. The Balaban J connectivity index is 2.50. The zero-order valence-corrected chi connectivity index (χ0v) is 9.45. The molecule has 1 nitrogen and oxygen atoms in total. The van der Waals surface area contributed by atoms with E-state index >= 15 is 0 Å². The third-order valence-corrected chi connectivity index (χ3v) is 2.72. The number of hydrogen-bond acceptors (Lipinski definition) is 1. The number of rotatable bonds is 1. The van der Waals surface area contributed by atoms with Crippen LogP contribution in [0.2, 0.25) is 0 Å². The van der Waals surface area contributed by atoms with Gasteiger partial charge in [-0.3, -0.25) is 4.98 Å². The minimum Gasteiger partial charge on any atom is -0.264 e. The molecule has 0 bridgehead atoms. The average Bonchev–Trinajstić information content (AvgIpc) is 2.20. The molecule has 1 heterocycles. The van der Waals surface area contributed by atoms with Crippen LogP contribution in [0, 0.1) is 6.92 Å². The van der Waals surface area contributed by atoms with Crippen LogP contribution in [0.4, 0.5) is 0 Å². The molecule has 0 atom stereocenters. The summed E-state index contributed by atoms with van der Waals surface area (Å²) in [7, 11) is 0. The Morgan fingerprint density at radius 2 is 1.79 bits per heavy atom. The van der Waals surface area contributed by atoms with E-state index < -0.39 is 0 Å². The molecule has 70 valence electrons. The number of pyridine rings is 1. The molecule has 1 aromatic carbocycles. The predicted octanol–water partition coefficient (Wildman–Crippen LogP) is 3.82. The number of benzene rings is 1. The lowest BCUT2D eigenvalue weighted by Gasteiger charge is -2.04. The summed E-state index contributed by atoms with van der Waals surface area (Å²) in [5.74, 6) is 0. The van der Waals surface area contributed by atoms with Crippen LogP contribution in [-0.4, -0.2) is 4.98 Å². The number of hydrogen-bond donors (Lipinski definition) is 0. The number of aromatic nitrogens is 1. The summed E-state index contributed by atoms with van der Waals surface area (Å²) < 4.78 is 1.10. The van der Waals surface area contributed by atoms with Gasteiger partial charge >= 0.3 is 0 Å². The van der Waals surface area contributed by atoms with Gasteiger partial charge in [0, 0.05) is 22.4 Å². The van der Waals surface area contributed by atoms with E-state index in [2.05, 4.69) is 40.0 Å². The minimum absolute atomic E-state index is 1.10. The van der Waals surface area contributed by atoms with Gasteiger partial charge in [0.25, 0.3) is 0 Å². The molecular weight excluding hydrogens is 238 g/mol. The van der Waals surface area contributed by atoms with Gasteiger partial charge in [-0.15, -0.1) is 0 Å². The molecule has 0 spiro atoms. The van der Waals surface area contributed by atoms with Gasteiger partial charge in [-0.1, -0.05) is 28.1 Å². The summed E-state index contributed by atoms with van der Waals surface area (Å²) in [6, 6.07) is 10.3. The first-order valence-corrected chi connectivity index (χ1v) is 5.23. The first-order chi connectivity index (χ1) is 6.77. The molecule has 0 amide bonds. The molecule has 0 saturated carbocycles. The molecule has 0 saturated heterocycles. The van der Waals surface area contributed by atoms with E-state index in [0.717, 1.165) is 4.47 Å². The van der Waals surface area contributed by atoms with Crippen LogP contribution in [0.5, 0.6) is 0 Å². The van der Waals surface area contributed by atoms with Crippen molar-refractivity contribution in [1.82, 2.24) is 4.98 Å². The Morgan fingerprint density at radius 3 is 2.43 bits per heavy atom. The fourth-order valence-electron chi connectivity index (χ4n) is 1.40. The molecule has 0 N–H and O–H groups in total. The topological polar surface area (TPSA) is 12.9 Å². The van der Waals surface area contributed by atoms with E-state index in [-0.39, 0.29) is 0 Å². The summed E-state index contributed by atoms with van der Waals surface area (Å²) in [4.78, 5) is 4.13. The van der Waals surface area contributed by atoms with E-state index in [9.17, 15) is 0 Å². The van der Waals surface area contributed by atoms with E-state index in [1.165, 1.54) is 16.7 Å². The third kappa shape index (κ3) is 1.85. The highest BCUT2D eigenvalue weighted by molar-refractivity contribution is 9.10. The van der Waals surface area contributed by atoms with Gasteiger partial charge < -0.3 is 0 Å². The minimum atomic E-state index is 1.10. The van der Waals surface area contributed by atoms with Gasteiger partial charge in [-0.25, -0.2) is 0 Å². The second kappa shape index (κ2) is 3.93. The molecule has 2 heteroatoms. The van der Waals surface area contributed by atoms with Crippen molar-refractivity contribution in [2.75, 3.05) is 0 Å². The van der Waals surface area contributed by atoms with E-state index in [4.69, 9.17) is 0 Å². The Morgan fingerprint density at radius 1 is 1.07 bits per heavy atom. The molecule has 0 aliphatic rings. The zero-order chi connectivity index (χ0) is 9.97. The molecular formula is C12H10BrN. The largest absolute Gasteiger partial charge is 0.264 e. The van der Waals surface area contributed by atoms with Crippen molar-refractivity contribution in [3.8, 4) is 11.1 Å². The molecule has 2 rings (SSSR count). The van der Waals surface area contributed by atoms with Crippen molar-refractivity contribution in [3.05, 3.63) is 52.8 Å². The van der Waals surface area contributed by atoms with E-state index in [1.54, 1.807) is 0 Å². The first-order valence-electron chi connectivity index (χ1n) is 4.44. The normalized spacial score (nSPS) is 10.1. The highest BCUT2D eigenvalue weighted by Crippen LogP contribution is 2.23. The van der Waals surface area contributed by atoms with Gasteiger partial charge in [0.15, 0.2) is 0 Å². The fourth-order valence-corrected chi connectivity index (χ4v) is 1.66. The molecule has 1 aromatic heterocycles. The number of halogens is 1. The smallest absolute Gasteiger partial charge is 0.0349 e. The van der Waals surface area contributed by atoms with Crippen molar-refractivity contribution >= 4 is 15.9 Å². The van der Waals surface area contributed by atoms with E-state index in [1.807, 2.05) is 30.6 Å². The maximum Gasteiger partial charge on any atom is 0.0349 e. The summed E-state index contributed by atoms with van der Waals surface area (Å²) >= 11 is 3.42. The van der Waals surface area contributed by atoms with Gasteiger partial charge in [-0.05, 0) is 36.2 Å². The van der Waals surface area contributed by atoms with Crippen LogP contribution < -0.4 is 0 Å². The maximum atomic E-state index is 4.13. The second-order valence-corrected chi connectivity index (χ2v) is 4.11. The van der Waals surface area contributed by atoms with Gasteiger partial charge in [0.1, 0.15) is 0 Å². The lowest BCUT2D eigenvalue weighted by Crippen LogP contribution is -1.83. The Labute approximate surface area is 91.9 Å². The van der Waals surface area contributed by atoms with Gasteiger partial charge in [0.05, 0.1) is 0 Å². The Bertz CT molecular complexity index is 434. The summed E-state index contributed by atoms with van der Waals surface area (Å²) in [5.41, 5.74) is 3.65. The molecule has 14 heavy (non-hydrogen) atoms. The van der Waals surface area contributed by atoms with Crippen LogP contribution in [0.1, 0.15) is 5.56 Å². The fraction of sp³-hybridized carbons (Fsp3) is 0.0833. The molecule has 0 aliphatic heterocycles. The van der Waals surface area contributed by atoms with Crippen LogP contribution in [-0.2, 0) is 0 Å². The molecule has 2 aromatic rings. The standard InChI is InChI=1S/C12H10BrN/c1-9-6-7-14-8-12(9)10-2-4-11(13)5-3-10/h2-8H,1H3. The van der Waals surface area contributed by atoms with E-state index in [0.29, 0.717) is 0 Å². The SMILES string of the molecule is Cc1ccncc1-c1ccc(Br)cc1. The Kier molecular flexibility index (Phi) is 2.64. The van der Waals surface area contributed by atoms with Crippen molar-refractivity contribution in [3.63, 3.8) is 0 Å². The predicted molar refractivity (Wildman–Crippen MR) is 62.1 cm³/mol. The van der Waals surface area contributed by atoms with Crippen LogP contribution in [0.25, 0.3) is 11.1 Å². The summed E-state index contributed by atoms with van der Waals surface area (Å²) in [5, 5.41) is 0. The lowest BCUT2D eigenvalue weighted by atomic mass is 10.0. The molecule has 0 unspecified atom stereocenters. The zero-order valence-electron chi connectivity index (χ0n) is 7.87. The van der Waals surface area contributed by atoms with Crippen molar-refractivity contribution in [2.24, 2.45) is 0 Å². The molecule has 0 aliphatic carbocycles. The van der Waals surface area contributed by atoms with Crippen molar-refractivity contribution in [1.29, 1.82) is 0 Å². The van der Waals surface area contributed by atoms with Crippen molar-refractivity contribution in [2.45, 2.75) is 6.92 Å². The maximum absolute atomic E-state index is 4.13. The first kappa shape index (κ1) is 9.41. The quantitative estimate of drug-likeness (QED) is 0.747. The van der Waals surface area contributed by atoms with Crippen LogP contribution in [0.15, 0.2) is 47.2 Å². The highest BCUT2D eigenvalue weighted by Gasteiger charge is 2.00. The Hall–Kier alpha value is -1.15. The highest BCUT2D eigenvalue weighted by atomic mass is 79.9. The number of nitrogens with zero attached hydrogens (tertiary/aromatic N) is 1. The third-order valence-electron chi connectivity index (χ3n) is 2.19. The van der Waals surface area contributed by atoms with Crippen LogP contribution >= 0.6 is 15.9 Å². The average molecular weight is 248 g/mol. The second-order valence-electron chi connectivity index (χ2n) is 3.20. The molecule has 0 fully saturated rings. The number of aryl methyl sites for hydroxylation is 1. The van der Waals surface area contributed by atoms with Crippen LogP contribution in [0.3, 0.4) is 0 Å². The van der Waals surface area contributed by atoms with Gasteiger partial charge in [-0.2, -0.15) is 0 Å². The van der Waals surface area contributed by atoms with Gasteiger partial charge in [0.2, 0.25) is 0 Å². The molecule has 0 radical (unpaired) electrons.